The summed E-state index contributed by atoms with van der Waals surface area (Å²) >= 11 is 0. The number of urea groups is 1. The number of carbonyl (C=O) groups is 2. The van der Waals surface area contributed by atoms with Gasteiger partial charge in [-0.05, 0) is 37.3 Å². The van der Waals surface area contributed by atoms with E-state index in [1.807, 2.05) is 4.90 Å². The van der Waals surface area contributed by atoms with Crippen molar-refractivity contribution in [3.8, 4) is 0 Å². The highest BCUT2D eigenvalue weighted by molar-refractivity contribution is 5.90. The molecule has 1 aliphatic heterocycles. The number of aromatic carboxylic acids is 1. The third kappa shape index (κ3) is 2.84. The number of likely N-dealkylation sites (tertiary alicyclic amines) is 1. The summed E-state index contributed by atoms with van der Waals surface area (Å²) in [5.74, 6) is -0.422. The Labute approximate surface area is 123 Å². The van der Waals surface area contributed by atoms with E-state index in [2.05, 4.69) is 10.3 Å². The average Bonchev–Trinajstić information content (AvgIpc) is 2.92. The quantitative estimate of drug-likeness (QED) is 0.876. The van der Waals surface area contributed by atoms with Crippen LogP contribution in [0.25, 0.3) is 0 Å². The van der Waals surface area contributed by atoms with Gasteiger partial charge < -0.3 is 15.3 Å². The van der Waals surface area contributed by atoms with Crippen LogP contribution in [0.4, 0.5) is 10.5 Å². The van der Waals surface area contributed by atoms with Crippen molar-refractivity contribution in [3.63, 3.8) is 0 Å². The molecule has 1 aromatic heterocycles. The van der Waals surface area contributed by atoms with E-state index < -0.39 is 5.97 Å². The van der Waals surface area contributed by atoms with Gasteiger partial charge in [0.25, 0.3) is 0 Å². The number of nitrogens with zero attached hydrogens (tertiary/aromatic N) is 2. The molecular weight excluding hydrogens is 270 g/mol. The van der Waals surface area contributed by atoms with Gasteiger partial charge in [0.15, 0.2) is 0 Å². The summed E-state index contributed by atoms with van der Waals surface area (Å²) in [6.45, 7) is 0.807. The summed E-state index contributed by atoms with van der Waals surface area (Å²) in [6.07, 6.45) is 7.26. The van der Waals surface area contributed by atoms with Gasteiger partial charge in [-0.2, -0.15) is 0 Å². The minimum atomic E-state index is -1.07. The minimum absolute atomic E-state index is 0.0264. The summed E-state index contributed by atoms with van der Waals surface area (Å²) in [4.78, 5) is 28.8. The number of hydrogen-bond acceptors (Lipinski definition) is 3. The maximum Gasteiger partial charge on any atom is 0.354 e. The molecular formula is C15H19N3O3. The molecule has 0 spiro atoms. The van der Waals surface area contributed by atoms with Gasteiger partial charge in [0, 0.05) is 12.6 Å². The van der Waals surface area contributed by atoms with Crippen molar-refractivity contribution in [2.45, 2.75) is 38.1 Å². The number of anilines is 1. The van der Waals surface area contributed by atoms with Gasteiger partial charge in [-0.1, -0.05) is 12.8 Å². The molecule has 2 N–H and O–H groups in total. The summed E-state index contributed by atoms with van der Waals surface area (Å²) in [6, 6.07) is 3.23. The van der Waals surface area contributed by atoms with Crippen LogP contribution in [0.2, 0.25) is 0 Å². The first kappa shape index (κ1) is 13.9. The molecule has 2 atom stereocenters. The number of aromatic nitrogens is 1. The molecule has 6 nitrogen and oxygen atoms in total. The molecule has 6 heteroatoms. The fraction of sp³-hybridized carbons (Fsp3) is 0.533. The van der Waals surface area contributed by atoms with Gasteiger partial charge in [0.1, 0.15) is 5.69 Å². The number of fused-ring (bicyclic) bond motifs is 1. The predicted molar refractivity (Wildman–Crippen MR) is 77.3 cm³/mol. The first-order valence-electron chi connectivity index (χ1n) is 7.42. The van der Waals surface area contributed by atoms with Gasteiger partial charge in [-0.25, -0.2) is 14.6 Å². The molecule has 2 amide bonds. The number of hydrogen-bond donors (Lipinski definition) is 2. The average molecular weight is 289 g/mol. The Kier molecular flexibility index (Phi) is 3.77. The van der Waals surface area contributed by atoms with Crippen LogP contribution in [-0.4, -0.2) is 39.6 Å². The highest BCUT2D eigenvalue weighted by atomic mass is 16.4. The normalized spacial score (nSPS) is 24.5. The molecule has 2 heterocycles. The van der Waals surface area contributed by atoms with Crippen LogP contribution in [0.3, 0.4) is 0 Å². The highest BCUT2D eigenvalue weighted by Gasteiger charge is 2.38. The number of amides is 2. The summed E-state index contributed by atoms with van der Waals surface area (Å²) < 4.78 is 0. The zero-order chi connectivity index (χ0) is 14.8. The second-order valence-electron chi connectivity index (χ2n) is 5.76. The molecule has 2 unspecified atom stereocenters. The number of carbonyl (C=O) groups excluding carboxylic acids is 1. The lowest BCUT2D eigenvalue weighted by atomic mass is 9.85. The number of carboxylic acid groups (broad SMARTS) is 1. The minimum Gasteiger partial charge on any atom is -0.477 e. The van der Waals surface area contributed by atoms with E-state index in [0.29, 0.717) is 17.6 Å². The molecule has 0 bridgehead atoms. The molecule has 1 aromatic rings. The molecule has 2 fully saturated rings. The van der Waals surface area contributed by atoms with Crippen LogP contribution in [0.5, 0.6) is 0 Å². The van der Waals surface area contributed by atoms with Crippen LogP contribution in [0.15, 0.2) is 18.3 Å². The van der Waals surface area contributed by atoms with Crippen molar-refractivity contribution < 1.29 is 14.7 Å². The molecule has 3 rings (SSSR count). The molecule has 112 valence electrons. The third-order valence-corrected chi connectivity index (χ3v) is 4.50. The van der Waals surface area contributed by atoms with Crippen LogP contribution in [-0.2, 0) is 0 Å². The van der Waals surface area contributed by atoms with Crippen molar-refractivity contribution in [2.75, 3.05) is 11.9 Å². The SMILES string of the molecule is O=C(O)c1ccc(NC(=O)N2CCC3CCCCC32)cn1. The first-order valence-corrected chi connectivity index (χ1v) is 7.42. The number of rotatable bonds is 2. The zero-order valence-electron chi connectivity index (χ0n) is 11.8. The number of pyridine rings is 1. The lowest BCUT2D eigenvalue weighted by molar-refractivity contribution is 0.0690. The predicted octanol–water partition coefficient (Wildman–Crippen LogP) is 2.58. The first-order chi connectivity index (χ1) is 10.1. The lowest BCUT2D eigenvalue weighted by Gasteiger charge is -2.31. The fourth-order valence-corrected chi connectivity index (χ4v) is 3.45. The van der Waals surface area contributed by atoms with E-state index >= 15 is 0 Å². The summed E-state index contributed by atoms with van der Waals surface area (Å²) in [5, 5.41) is 11.6. The van der Waals surface area contributed by atoms with Crippen LogP contribution >= 0.6 is 0 Å². The van der Waals surface area contributed by atoms with E-state index in [1.165, 1.54) is 31.5 Å². The largest absolute Gasteiger partial charge is 0.477 e. The third-order valence-electron chi connectivity index (χ3n) is 4.50. The van der Waals surface area contributed by atoms with Crippen molar-refractivity contribution in [3.05, 3.63) is 24.0 Å². The van der Waals surface area contributed by atoms with Crippen LogP contribution in [0, 0.1) is 5.92 Å². The fourth-order valence-electron chi connectivity index (χ4n) is 3.45. The van der Waals surface area contributed by atoms with Crippen molar-refractivity contribution in [1.29, 1.82) is 0 Å². The Bertz CT molecular complexity index is 544. The Hall–Kier alpha value is -2.11. The summed E-state index contributed by atoms with van der Waals surface area (Å²) in [7, 11) is 0. The lowest BCUT2D eigenvalue weighted by Crippen LogP contribution is -2.41. The van der Waals surface area contributed by atoms with E-state index in [-0.39, 0.29) is 11.7 Å². The smallest absolute Gasteiger partial charge is 0.354 e. The second kappa shape index (κ2) is 5.71. The Morgan fingerprint density at radius 1 is 1.24 bits per heavy atom. The molecule has 0 radical (unpaired) electrons. The Morgan fingerprint density at radius 2 is 2.05 bits per heavy atom. The van der Waals surface area contributed by atoms with E-state index in [9.17, 15) is 9.59 Å². The molecule has 2 aliphatic rings. The molecule has 1 aliphatic carbocycles. The number of carboxylic acids is 1. The molecule has 1 saturated carbocycles. The van der Waals surface area contributed by atoms with Crippen molar-refractivity contribution in [1.82, 2.24) is 9.88 Å². The highest BCUT2D eigenvalue weighted by Crippen LogP contribution is 2.36. The van der Waals surface area contributed by atoms with Gasteiger partial charge >= 0.3 is 12.0 Å². The zero-order valence-corrected chi connectivity index (χ0v) is 11.8. The van der Waals surface area contributed by atoms with Gasteiger partial charge in [0.05, 0.1) is 11.9 Å². The Balaban J connectivity index is 1.64. The van der Waals surface area contributed by atoms with E-state index in [1.54, 1.807) is 6.07 Å². The summed E-state index contributed by atoms with van der Waals surface area (Å²) in [5.41, 5.74) is 0.505. The molecule has 21 heavy (non-hydrogen) atoms. The van der Waals surface area contributed by atoms with E-state index in [0.717, 1.165) is 19.4 Å². The molecule has 1 saturated heterocycles. The second-order valence-corrected chi connectivity index (χ2v) is 5.76. The Morgan fingerprint density at radius 3 is 2.76 bits per heavy atom. The topological polar surface area (TPSA) is 82.5 Å². The van der Waals surface area contributed by atoms with Gasteiger partial charge in [-0.15, -0.1) is 0 Å². The molecule has 0 aromatic carbocycles. The van der Waals surface area contributed by atoms with Crippen LogP contribution < -0.4 is 5.32 Å². The van der Waals surface area contributed by atoms with Gasteiger partial charge in [0.2, 0.25) is 0 Å². The maximum absolute atomic E-state index is 12.4. The number of nitrogens with one attached hydrogen (secondary N) is 1. The standard InChI is InChI=1S/C15H19N3O3/c19-14(20)12-6-5-11(9-16-12)17-15(21)18-8-7-10-3-1-2-4-13(10)18/h5-6,9-10,13H,1-4,7-8H2,(H,17,21)(H,19,20). The van der Waals surface area contributed by atoms with E-state index in [4.69, 9.17) is 5.11 Å². The van der Waals surface area contributed by atoms with Crippen molar-refractivity contribution >= 4 is 17.7 Å². The van der Waals surface area contributed by atoms with Crippen molar-refractivity contribution in [2.24, 2.45) is 5.92 Å². The van der Waals surface area contributed by atoms with Gasteiger partial charge in [-0.3, -0.25) is 0 Å². The monoisotopic (exact) mass is 289 g/mol. The van der Waals surface area contributed by atoms with Crippen LogP contribution in [0.1, 0.15) is 42.6 Å². The maximum atomic E-state index is 12.4.